The van der Waals surface area contributed by atoms with Crippen LogP contribution in [0.1, 0.15) is 69.4 Å². The van der Waals surface area contributed by atoms with Crippen molar-refractivity contribution in [3.8, 4) is 11.1 Å². The molecule has 0 bridgehead atoms. The first-order valence-electron chi connectivity index (χ1n) is 13.7. The third-order valence-corrected chi connectivity index (χ3v) is 6.89. The van der Waals surface area contributed by atoms with Gasteiger partial charge < -0.3 is 10.4 Å². The highest BCUT2D eigenvalue weighted by molar-refractivity contribution is 6.32. The number of carboxylic acids is 1. The van der Waals surface area contributed by atoms with Gasteiger partial charge >= 0.3 is 5.97 Å². The monoisotopic (exact) mass is 559 g/mol. The maximum atomic E-state index is 13.8. The zero-order valence-corrected chi connectivity index (χ0v) is 23.9. The summed E-state index contributed by atoms with van der Waals surface area (Å²) in [6.45, 7) is 6.30. The third kappa shape index (κ3) is 7.55. The van der Waals surface area contributed by atoms with Gasteiger partial charge in [-0.25, -0.2) is 0 Å². The summed E-state index contributed by atoms with van der Waals surface area (Å²) in [5.41, 5.74) is 4.97. The summed E-state index contributed by atoms with van der Waals surface area (Å²) in [4.78, 5) is 50.2. The lowest BCUT2D eigenvalue weighted by Crippen LogP contribution is -2.26. The Labute approximate surface area is 245 Å². The molecule has 0 aliphatic rings. The molecule has 6 heteroatoms. The first-order valence-corrected chi connectivity index (χ1v) is 13.7. The zero-order chi connectivity index (χ0) is 30.3. The van der Waals surface area contributed by atoms with Crippen LogP contribution in [-0.2, 0) is 10.2 Å². The molecule has 0 fully saturated rings. The van der Waals surface area contributed by atoms with Gasteiger partial charge in [-0.15, -0.1) is 0 Å². The molecule has 4 aromatic rings. The van der Waals surface area contributed by atoms with Crippen molar-refractivity contribution in [1.82, 2.24) is 5.32 Å². The topological polar surface area (TPSA) is 101 Å². The summed E-state index contributed by atoms with van der Waals surface area (Å²) in [5.74, 6) is -2.09. The average molecular weight is 560 g/mol. The second kappa shape index (κ2) is 13.0. The molecule has 6 nitrogen and oxygen atoms in total. The van der Waals surface area contributed by atoms with Gasteiger partial charge in [0.25, 0.3) is 5.91 Å². The van der Waals surface area contributed by atoms with E-state index in [-0.39, 0.29) is 35.5 Å². The Bertz CT molecular complexity index is 1610. The summed E-state index contributed by atoms with van der Waals surface area (Å²) in [7, 11) is 0. The van der Waals surface area contributed by atoms with Gasteiger partial charge in [0, 0.05) is 28.8 Å². The van der Waals surface area contributed by atoms with Crippen LogP contribution in [-0.4, -0.2) is 35.1 Å². The number of carbonyl (C=O) groups is 4. The Balaban J connectivity index is 1.65. The Kier molecular flexibility index (Phi) is 9.28. The number of ketones is 2. The molecule has 0 heterocycles. The van der Waals surface area contributed by atoms with Gasteiger partial charge in [0.05, 0.1) is 6.42 Å². The lowest BCUT2D eigenvalue weighted by molar-refractivity contribution is -0.136. The van der Waals surface area contributed by atoms with E-state index in [9.17, 15) is 19.2 Å². The molecule has 4 rings (SSSR count). The number of hydrogen-bond donors (Lipinski definition) is 2. The highest BCUT2D eigenvalue weighted by Crippen LogP contribution is 2.27. The van der Waals surface area contributed by atoms with Crippen molar-refractivity contribution in [2.45, 2.75) is 32.6 Å². The van der Waals surface area contributed by atoms with Crippen LogP contribution in [0.2, 0.25) is 0 Å². The van der Waals surface area contributed by atoms with E-state index in [1.807, 2.05) is 66.7 Å². The van der Waals surface area contributed by atoms with Crippen LogP contribution in [0.5, 0.6) is 0 Å². The van der Waals surface area contributed by atoms with Crippen LogP contribution in [0, 0.1) is 0 Å². The van der Waals surface area contributed by atoms with Crippen LogP contribution in [0.25, 0.3) is 16.7 Å². The number of nitrogens with one attached hydrogen (secondary N) is 1. The normalized spacial score (nSPS) is 11.5. The first kappa shape index (κ1) is 29.9. The summed E-state index contributed by atoms with van der Waals surface area (Å²) in [6.07, 6.45) is 1.19. The van der Waals surface area contributed by atoms with Crippen molar-refractivity contribution >= 4 is 29.0 Å². The Morgan fingerprint density at radius 1 is 0.667 bits per heavy atom. The van der Waals surface area contributed by atoms with Crippen LogP contribution >= 0.6 is 0 Å². The molecular formula is C36H33NO5. The second-order valence-corrected chi connectivity index (χ2v) is 11.0. The quantitative estimate of drug-likeness (QED) is 0.161. The zero-order valence-electron chi connectivity index (χ0n) is 23.9. The number of allylic oxidation sites excluding steroid dienone is 2. The van der Waals surface area contributed by atoms with E-state index in [0.29, 0.717) is 22.3 Å². The molecule has 42 heavy (non-hydrogen) atoms. The first-order chi connectivity index (χ1) is 20.0. The van der Waals surface area contributed by atoms with Gasteiger partial charge in [-0.1, -0.05) is 112 Å². The van der Waals surface area contributed by atoms with Crippen molar-refractivity contribution in [2.75, 3.05) is 6.54 Å². The fraction of sp³-hybridized carbons (Fsp3) is 0.167. The number of rotatable bonds is 10. The molecule has 0 atom stereocenters. The summed E-state index contributed by atoms with van der Waals surface area (Å²) >= 11 is 0. The molecular weight excluding hydrogens is 526 g/mol. The smallest absolute Gasteiger partial charge is 0.305 e. The van der Waals surface area contributed by atoms with E-state index in [1.165, 1.54) is 30.3 Å². The van der Waals surface area contributed by atoms with Gasteiger partial charge in [-0.05, 0) is 45.9 Å². The molecule has 212 valence electrons. The molecule has 2 N–H and O–H groups in total. The largest absolute Gasteiger partial charge is 0.481 e. The van der Waals surface area contributed by atoms with Crippen LogP contribution in [0.4, 0.5) is 0 Å². The van der Waals surface area contributed by atoms with Gasteiger partial charge in [0.1, 0.15) is 0 Å². The molecule has 0 unspecified atom stereocenters. The number of hydrogen-bond acceptors (Lipinski definition) is 4. The van der Waals surface area contributed by atoms with E-state index >= 15 is 0 Å². The molecule has 0 aliphatic carbocycles. The molecule has 0 saturated carbocycles. The highest BCUT2D eigenvalue weighted by atomic mass is 16.4. The fourth-order valence-electron chi connectivity index (χ4n) is 4.42. The number of carbonyl (C=O) groups excluding carboxylic acids is 3. The maximum Gasteiger partial charge on any atom is 0.305 e. The lowest BCUT2D eigenvalue weighted by Gasteiger charge is -2.18. The number of benzene rings is 4. The molecule has 0 aromatic heterocycles. The van der Waals surface area contributed by atoms with E-state index in [2.05, 4.69) is 26.1 Å². The molecule has 4 aromatic carbocycles. The number of Topliss-reactive ketones (excluding diaryl/α,β-unsaturated/α-hetero) is 1. The van der Waals surface area contributed by atoms with Crippen molar-refractivity contribution in [1.29, 1.82) is 0 Å². The lowest BCUT2D eigenvalue weighted by atomic mass is 9.86. The van der Waals surface area contributed by atoms with E-state index in [1.54, 1.807) is 12.1 Å². The van der Waals surface area contributed by atoms with Gasteiger partial charge in [-0.2, -0.15) is 0 Å². The molecule has 1 amide bonds. The summed E-state index contributed by atoms with van der Waals surface area (Å²) < 4.78 is 0. The Morgan fingerprint density at radius 3 is 1.76 bits per heavy atom. The fourth-order valence-corrected chi connectivity index (χ4v) is 4.42. The Morgan fingerprint density at radius 2 is 1.19 bits per heavy atom. The predicted octanol–water partition coefficient (Wildman–Crippen LogP) is 7.00. The summed E-state index contributed by atoms with van der Waals surface area (Å²) in [6, 6.07) is 30.8. The maximum absolute atomic E-state index is 13.8. The molecule has 0 radical (unpaired) electrons. The van der Waals surface area contributed by atoms with Gasteiger partial charge in [0.15, 0.2) is 11.6 Å². The van der Waals surface area contributed by atoms with Gasteiger partial charge in [-0.3, -0.25) is 19.2 Å². The van der Waals surface area contributed by atoms with Crippen LogP contribution < -0.4 is 5.32 Å². The highest BCUT2D eigenvalue weighted by Gasteiger charge is 2.19. The van der Waals surface area contributed by atoms with Crippen molar-refractivity contribution in [3.63, 3.8) is 0 Å². The minimum absolute atomic E-state index is 0.000442. The van der Waals surface area contributed by atoms with Crippen molar-refractivity contribution in [3.05, 3.63) is 137 Å². The van der Waals surface area contributed by atoms with Crippen molar-refractivity contribution < 1.29 is 24.3 Å². The van der Waals surface area contributed by atoms with Gasteiger partial charge in [0.2, 0.25) is 0 Å². The van der Waals surface area contributed by atoms with Crippen LogP contribution in [0.3, 0.4) is 0 Å². The SMILES string of the molecule is CC(C)(C)c1ccc(C(=O)C=C(C(=O)c2ccc(C(=O)NCCC(=O)O)cc2)c2ccc(-c3ccccc3)cc2)cc1. The number of aliphatic carboxylic acids is 1. The number of amides is 1. The molecule has 0 saturated heterocycles. The molecule has 0 aliphatic heterocycles. The minimum atomic E-state index is -1.01. The molecule has 0 spiro atoms. The minimum Gasteiger partial charge on any atom is -0.481 e. The predicted molar refractivity (Wildman–Crippen MR) is 165 cm³/mol. The van der Waals surface area contributed by atoms with E-state index < -0.39 is 11.9 Å². The van der Waals surface area contributed by atoms with Crippen molar-refractivity contribution in [2.24, 2.45) is 0 Å². The standard InChI is InChI=1S/C36H33NO5/c1-36(2,3)30-19-17-27(18-20-30)32(38)23-31(26-11-9-25(10-12-26)24-7-5-4-6-8-24)34(41)28-13-15-29(16-14-28)35(42)37-22-21-33(39)40/h4-20,23H,21-22H2,1-3H3,(H,37,42)(H,39,40). The van der Waals surface area contributed by atoms with E-state index in [0.717, 1.165) is 16.7 Å². The Hall–Kier alpha value is -5.10. The summed E-state index contributed by atoms with van der Waals surface area (Å²) in [5, 5.41) is 11.3. The van der Waals surface area contributed by atoms with E-state index in [4.69, 9.17) is 5.11 Å². The second-order valence-electron chi connectivity index (χ2n) is 11.0. The van der Waals surface area contributed by atoms with Crippen LogP contribution in [0.15, 0.2) is 109 Å². The average Bonchev–Trinajstić information content (AvgIpc) is 2.99. The number of carboxylic acid groups (broad SMARTS) is 1. The third-order valence-electron chi connectivity index (χ3n) is 6.89.